The number of ketones is 1. The number of carbonyl (C=O) groups is 2. The average molecular weight is 461 g/mol. The van der Waals surface area contributed by atoms with E-state index >= 15 is 0 Å². The first-order chi connectivity index (χ1) is 15.1. The minimum atomic E-state index is -3.80. The number of benzene rings is 2. The Kier molecular flexibility index (Phi) is 5.93. The maximum atomic E-state index is 13.1. The minimum Gasteiger partial charge on any atom is -0.454 e. The fourth-order valence-electron chi connectivity index (χ4n) is 3.80. The van der Waals surface area contributed by atoms with Crippen LogP contribution in [-0.2, 0) is 14.8 Å². The summed E-state index contributed by atoms with van der Waals surface area (Å²) in [5.41, 5.74) is 0.672. The number of carbonyl (C=O) groups excluding carboxylic acids is 2. The molecule has 0 radical (unpaired) electrons. The van der Waals surface area contributed by atoms with Gasteiger partial charge in [0.2, 0.25) is 16.8 Å². The van der Waals surface area contributed by atoms with Gasteiger partial charge in [0, 0.05) is 30.3 Å². The summed E-state index contributed by atoms with van der Waals surface area (Å²) >= 11 is 0. The van der Waals surface area contributed by atoms with Crippen molar-refractivity contribution in [2.45, 2.75) is 37.9 Å². The standard InChI is InChI=1S/C22H24N2O7S/c1-13-10-24(11-14(2)31-13)32(27,28)17-6-4-5-16(7-17)22(26)23-19-9-21-20(29-12-30-21)8-18(19)15(3)25/h4-9,13-14H,10-12H2,1-3H3,(H,23,26)/t13-,14-/m1/s1. The van der Waals surface area contributed by atoms with Crippen molar-refractivity contribution in [2.24, 2.45) is 0 Å². The molecule has 2 aliphatic heterocycles. The van der Waals surface area contributed by atoms with Crippen molar-refractivity contribution in [3.05, 3.63) is 47.5 Å². The molecule has 2 atom stereocenters. The molecule has 0 aromatic heterocycles. The fourth-order valence-corrected chi connectivity index (χ4v) is 5.44. The largest absolute Gasteiger partial charge is 0.454 e. The normalized spacial score (nSPS) is 20.7. The second kappa shape index (κ2) is 8.53. The third kappa shape index (κ3) is 4.34. The highest BCUT2D eigenvalue weighted by molar-refractivity contribution is 7.89. The van der Waals surface area contributed by atoms with Gasteiger partial charge in [-0.25, -0.2) is 8.42 Å². The van der Waals surface area contributed by atoms with Gasteiger partial charge >= 0.3 is 0 Å². The SMILES string of the molecule is CC(=O)c1cc2c(cc1NC(=O)c1cccc(S(=O)(=O)N3C[C@@H](C)O[C@H](C)C3)c1)OCO2. The number of rotatable bonds is 5. The second-order valence-corrected chi connectivity index (χ2v) is 9.81. The summed E-state index contributed by atoms with van der Waals surface area (Å²) in [5.74, 6) is 0.0325. The number of ether oxygens (including phenoxy) is 3. The minimum absolute atomic E-state index is 0.0175. The molecule has 1 amide bonds. The zero-order valence-corrected chi connectivity index (χ0v) is 18.8. The molecule has 2 aromatic rings. The lowest BCUT2D eigenvalue weighted by molar-refractivity contribution is -0.0440. The van der Waals surface area contributed by atoms with Gasteiger partial charge in [-0.1, -0.05) is 6.07 Å². The smallest absolute Gasteiger partial charge is 0.255 e. The summed E-state index contributed by atoms with van der Waals surface area (Å²) in [5, 5.41) is 2.69. The summed E-state index contributed by atoms with van der Waals surface area (Å²) in [4.78, 5) is 25.0. The van der Waals surface area contributed by atoms with Crippen LogP contribution >= 0.6 is 0 Å². The molecule has 2 aromatic carbocycles. The zero-order valence-electron chi connectivity index (χ0n) is 18.0. The first-order valence-corrected chi connectivity index (χ1v) is 11.6. The second-order valence-electron chi connectivity index (χ2n) is 7.87. The number of anilines is 1. The van der Waals surface area contributed by atoms with Gasteiger partial charge in [0.05, 0.1) is 22.8 Å². The molecule has 0 bridgehead atoms. The number of morpholine rings is 1. The average Bonchev–Trinajstić information content (AvgIpc) is 3.20. The van der Waals surface area contributed by atoms with E-state index in [1.54, 1.807) is 0 Å². The third-order valence-corrected chi connectivity index (χ3v) is 7.09. The first kappa shape index (κ1) is 22.3. The van der Waals surface area contributed by atoms with E-state index < -0.39 is 15.9 Å². The van der Waals surface area contributed by atoms with Crippen LogP contribution in [0, 0.1) is 0 Å². The molecule has 9 nitrogen and oxygen atoms in total. The van der Waals surface area contributed by atoms with Crippen LogP contribution in [-0.4, -0.2) is 56.5 Å². The number of nitrogens with zero attached hydrogens (tertiary/aromatic N) is 1. The van der Waals surface area contributed by atoms with Gasteiger partial charge in [-0.05, 0) is 45.0 Å². The Hall–Kier alpha value is -2.95. The maximum absolute atomic E-state index is 13.1. The van der Waals surface area contributed by atoms with Crippen LogP contribution in [0.2, 0.25) is 0 Å². The van der Waals surface area contributed by atoms with Crippen LogP contribution in [0.4, 0.5) is 5.69 Å². The number of nitrogens with one attached hydrogen (secondary N) is 1. The van der Waals surface area contributed by atoms with Crippen molar-refractivity contribution < 1.29 is 32.2 Å². The zero-order chi connectivity index (χ0) is 23.0. The van der Waals surface area contributed by atoms with Crippen LogP contribution in [0.5, 0.6) is 11.5 Å². The molecule has 0 aliphatic carbocycles. The van der Waals surface area contributed by atoms with Crippen LogP contribution in [0.3, 0.4) is 0 Å². The van der Waals surface area contributed by atoms with Gasteiger partial charge in [-0.2, -0.15) is 4.31 Å². The highest BCUT2D eigenvalue weighted by Gasteiger charge is 2.32. The van der Waals surface area contributed by atoms with Crippen molar-refractivity contribution >= 4 is 27.4 Å². The molecular formula is C22H24N2O7S. The molecule has 2 heterocycles. The van der Waals surface area contributed by atoms with E-state index in [2.05, 4.69) is 5.32 Å². The Morgan fingerprint density at radius 1 is 1.03 bits per heavy atom. The summed E-state index contributed by atoms with van der Waals surface area (Å²) in [6, 6.07) is 8.85. The molecule has 1 N–H and O–H groups in total. The Balaban J connectivity index is 1.60. The molecule has 1 fully saturated rings. The predicted molar refractivity (Wildman–Crippen MR) is 116 cm³/mol. The molecule has 10 heteroatoms. The van der Waals surface area contributed by atoms with E-state index in [1.165, 1.54) is 47.6 Å². The van der Waals surface area contributed by atoms with Gasteiger partial charge in [0.25, 0.3) is 5.91 Å². The molecule has 4 rings (SSSR count). The van der Waals surface area contributed by atoms with Gasteiger partial charge in [-0.15, -0.1) is 0 Å². The van der Waals surface area contributed by atoms with Gasteiger partial charge in [0.15, 0.2) is 17.3 Å². The lowest BCUT2D eigenvalue weighted by atomic mass is 10.1. The summed E-state index contributed by atoms with van der Waals surface area (Å²) < 4.78 is 43.9. The highest BCUT2D eigenvalue weighted by Crippen LogP contribution is 2.37. The number of hydrogen-bond donors (Lipinski definition) is 1. The van der Waals surface area contributed by atoms with E-state index in [4.69, 9.17) is 14.2 Å². The van der Waals surface area contributed by atoms with E-state index in [9.17, 15) is 18.0 Å². The van der Waals surface area contributed by atoms with Gasteiger partial charge < -0.3 is 19.5 Å². The number of hydrogen-bond acceptors (Lipinski definition) is 7. The van der Waals surface area contributed by atoms with Crippen LogP contribution in [0.1, 0.15) is 41.5 Å². The van der Waals surface area contributed by atoms with Crippen LogP contribution in [0.15, 0.2) is 41.3 Å². The number of Topliss-reactive ketones (excluding diaryl/α,β-unsaturated/α-hetero) is 1. The molecule has 1 saturated heterocycles. The van der Waals surface area contributed by atoms with Gasteiger partial charge in [0.1, 0.15) is 0 Å². The van der Waals surface area contributed by atoms with Crippen LogP contribution < -0.4 is 14.8 Å². The maximum Gasteiger partial charge on any atom is 0.255 e. The summed E-state index contributed by atoms with van der Waals surface area (Å²) in [6.45, 7) is 5.53. The van der Waals surface area contributed by atoms with Crippen molar-refractivity contribution in [2.75, 3.05) is 25.2 Å². The lowest BCUT2D eigenvalue weighted by Crippen LogP contribution is -2.48. The molecule has 2 aliphatic rings. The topological polar surface area (TPSA) is 111 Å². The quantitative estimate of drug-likeness (QED) is 0.683. The molecule has 0 spiro atoms. The molecule has 0 saturated carbocycles. The van der Waals surface area contributed by atoms with Crippen molar-refractivity contribution in [3.8, 4) is 11.5 Å². The summed E-state index contributed by atoms with van der Waals surface area (Å²) in [7, 11) is -3.80. The number of fused-ring (bicyclic) bond motifs is 1. The van der Waals surface area contributed by atoms with E-state index in [0.29, 0.717) is 11.5 Å². The monoisotopic (exact) mass is 460 g/mol. The van der Waals surface area contributed by atoms with Crippen molar-refractivity contribution in [1.29, 1.82) is 0 Å². The molecule has 32 heavy (non-hydrogen) atoms. The van der Waals surface area contributed by atoms with E-state index in [1.807, 2.05) is 13.8 Å². The predicted octanol–water partition coefficient (Wildman–Crippen LogP) is 2.67. The Labute approximate surface area is 186 Å². The number of amides is 1. The van der Waals surface area contributed by atoms with E-state index in [-0.39, 0.29) is 59.6 Å². The number of sulfonamides is 1. The third-order valence-electron chi connectivity index (χ3n) is 5.26. The fraction of sp³-hybridized carbons (Fsp3) is 0.364. The van der Waals surface area contributed by atoms with E-state index in [0.717, 1.165) is 0 Å². The Morgan fingerprint density at radius 3 is 2.34 bits per heavy atom. The van der Waals surface area contributed by atoms with Crippen LogP contribution in [0.25, 0.3) is 0 Å². The lowest BCUT2D eigenvalue weighted by Gasteiger charge is -2.34. The van der Waals surface area contributed by atoms with Gasteiger partial charge in [-0.3, -0.25) is 9.59 Å². The molecule has 0 unspecified atom stereocenters. The molecule has 170 valence electrons. The van der Waals surface area contributed by atoms with Crippen molar-refractivity contribution in [1.82, 2.24) is 4.31 Å². The summed E-state index contributed by atoms with van der Waals surface area (Å²) in [6.07, 6.45) is -0.452. The Morgan fingerprint density at radius 2 is 1.69 bits per heavy atom. The van der Waals surface area contributed by atoms with Crippen molar-refractivity contribution in [3.63, 3.8) is 0 Å². The first-order valence-electron chi connectivity index (χ1n) is 10.2. The molecular weight excluding hydrogens is 436 g/mol. The Bertz CT molecular complexity index is 1170. The highest BCUT2D eigenvalue weighted by atomic mass is 32.2.